The van der Waals surface area contributed by atoms with Gasteiger partial charge >= 0.3 is 0 Å². The number of ether oxygens (including phenoxy) is 2. The predicted molar refractivity (Wildman–Crippen MR) is 95.8 cm³/mol. The number of carbonyl (C=O) groups is 1. The molecule has 1 aliphatic heterocycles. The van der Waals surface area contributed by atoms with Crippen molar-refractivity contribution in [1.82, 2.24) is 15.6 Å². The van der Waals surface area contributed by atoms with Crippen LogP contribution in [0.3, 0.4) is 0 Å². The Balaban J connectivity index is 1.22. The summed E-state index contributed by atoms with van der Waals surface area (Å²) in [6.07, 6.45) is 3.71. The van der Waals surface area contributed by atoms with Gasteiger partial charge in [0, 0.05) is 30.0 Å². The van der Waals surface area contributed by atoms with Crippen molar-refractivity contribution in [3.05, 3.63) is 29.3 Å². The quantitative estimate of drug-likeness (QED) is 0.709. The summed E-state index contributed by atoms with van der Waals surface area (Å²) in [7, 11) is 0. The summed E-state index contributed by atoms with van der Waals surface area (Å²) in [4.78, 5) is 16.3. The molecule has 0 bridgehead atoms. The molecule has 1 saturated carbocycles. The van der Waals surface area contributed by atoms with Gasteiger partial charge in [-0.15, -0.1) is 11.3 Å². The van der Waals surface area contributed by atoms with Crippen LogP contribution in [0.2, 0.25) is 0 Å². The van der Waals surface area contributed by atoms with Crippen molar-refractivity contribution < 1.29 is 14.3 Å². The van der Waals surface area contributed by atoms with Crippen LogP contribution in [0.15, 0.2) is 23.6 Å². The first-order valence-electron chi connectivity index (χ1n) is 8.62. The molecule has 2 aliphatic rings. The molecule has 1 amide bonds. The van der Waals surface area contributed by atoms with Crippen LogP contribution in [-0.4, -0.2) is 30.3 Å². The second kappa shape index (κ2) is 7.41. The number of amides is 1. The Morgan fingerprint density at radius 3 is 3.04 bits per heavy atom. The fourth-order valence-electron chi connectivity index (χ4n) is 2.67. The van der Waals surface area contributed by atoms with Crippen molar-refractivity contribution >= 4 is 17.2 Å². The van der Waals surface area contributed by atoms with E-state index in [2.05, 4.69) is 21.0 Å². The molecule has 1 aromatic carbocycles. The molecule has 0 atom stereocenters. The van der Waals surface area contributed by atoms with E-state index in [9.17, 15) is 4.79 Å². The molecule has 2 N–H and O–H groups in total. The number of carbonyl (C=O) groups excluding carboxylic acids is 1. The van der Waals surface area contributed by atoms with Gasteiger partial charge in [0.1, 0.15) is 5.01 Å². The summed E-state index contributed by atoms with van der Waals surface area (Å²) >= 11 is 1.62. The topological polar surface area (TPSA) is 72.5 Å². The average Bonchev–Trinajstić information content (AvgIpc) is 3.12. The number of fused-ring (bicyclic) bond motifs is 1. The van der Waals surface area contributed by atoms with Crippen molar-refractivity contribution in [3.63, 3.8) is 0 Å². The molecule has 1 aromatic heterocycles. The van der Waals surface area contributed by atoms with E-state index < -0.39 is 0 Å². The smallest absolute Gasteiger partial charge is 0.231 e. The maximum atomic E-state index is 11.6. The van der Waals surface area contributed by atoms with Crippen LogP contribution < -0.4 is 20.1 Å². The van der Waals surface area contributed by atoms with E-state index in [0.717, 1.165) is 53.6 Å². The number of hydrogen-bond donors (Lipinski definition) is 2. The summed E-state index contributed by atoms with van der Waals surface area (Å²) in [5, 5.41) is 9.39. The monoisotopic (exact) mass is 359 g/mol. The second-order valence-electron chi connectivity index (χ2n) is 6.33. The zero-order valence-electron chi connectivity index (χ0n) is 13.9. The van der Waals surface area contributed by atoms with Crippen LogP contribution in [0.4, 0.5) is 0 Å². The molecular formula is C18H21N3O3S. The Labute approximate surface area is 150 Å². The lowest BCUT2D eigenvalue weighted by Crippen LogP contribution is -2.26. The van der Waals surface area contributed by atoms with Gasteiger partial charge in [-0.05, 0) is 44.0 Å². The van der Waals surface area contributed by atoms with Gasteiger partial charge in [-0.2, -0.15) is 0 Å². The largest absolute Gasteiger partial charge is 0.454 e. The number of aromatic nitrogens is 1. The molecular weight excluding hydrogens is 338 g/mol. The van der Waals surface area contributed by atoms with Crippen LogP contribution in [0.1, 0.15) is 31.4 Å². The zero-order valence-corrected chi connectivity index (χ0v) is 14.7. The highest BCUT2D eigenvalue weighted by atomic mass is 32.1. The van der Waals surface area contributed by atoms with Gasteiger partial charge in [-0.25, -0.2) is 4.98 Å². The standard InChI is InChI=1S/C18H21N3O3S/c22-17(20-13-4-5-13)2-1-7-19-9-14-10-25-18(21-14)12-3-6-15-16(8-12)24-11-23-15/h3,6,8,10,13,19H,1-2,4-5,7,9,11H2,(H,20,22). The highest BCUT2D eigenvalue weighted by molar-refractivity contribution is 7.13. The molecule has 2 heterocycles. The lowest BCUT2D eigenvalue weighted by molar-refractivity contribution is -0.121. The van der Waals surface area contributed by atoms with Gasteiger partial charge < -0.3 is 20.1 Å². The number of nitrogens with one attached hydrogen (secondary N) is 2. The first-order valence-corrected chi connectivity index (χ1v) is 9.50. The van der Waals surface area contributed by atoms with E-state index in [1.807, 2.05) is 18.2 Å². The lowest BCUT2D eigenvalue weighted by Gasteiger charge is -2.04. The second-order valence-corrected chi connectivity index (χ2v) is 7.19. The molecule has 1 fully saturated rings. The molecule has 0 spiro atoms. The van der Waals surface area contributed by atoms with Crippen molar-refractivity contribution in [2.75, 3.05) is 13.3 Å². The fraction of sp³-hybridized carbons (Fsp3) is 0.444. The van der Waals surface area contributed by atoms with Gasteiger partial charge in [0.15, 0.2) is 11.5 Å². The number of benzene rings is 1. The van der Waals surface area contributed by atoms with Crippen LogP contribution in [0, 0.1) is 0 Å². The minimum absolute atomic E-state index is 0.169. The molecule has 4 rings (SSSR count). The van der Waals surface area contributed by atoms with Crippen molar-refractivity contribution in [2.24, 2.45) is 0 Å². The first-order chi connectivity index (χ1) is 12.3. The van der Waals surface area contributed by atoms with Gasteiger partial charge in [0.25, 0.3) is 0 Å². The Morgan fingerprint density at radius 1 is 1.28 bits per heavy atom. The zero-order chi connectivity index (χ0) is 17.1. The molecule has 7 heteroatoms. The first kappa shape index (κ1) is 16.4. The third-order valence-corrected chi connectivity index (χ3v) is 5.12. The molecule has 6 nitrogen and oxygen atoms in total. The highest BCUT2D eigenvalue weighted by Gasteiger charge is 2.22. The minimum atomic E-state index is 0.169. The predicted octanol–water partition coefficient (Wildman–Crippen LogP) is 2.69. The van der Waals surface area contributed by atoms with Crippen LogP contribution in [0.25, 0.3) is 10.6 Å². The maximum Gasteiger partial charge on any atom is 0.231 e. The SMILES string of the molecule is O=C(CCCNCc1csc(-c2ccc3c(c2)OCO3)n1)NC1CC1. The normalized spacial score (nSPS) is 15.4. The van der Waals surface area contributed by atoms with Gasteiger partial charge in [-0.1, -0.05) is 0 Å². The van der Waals surface area contributed by atoms with Gasteiger partial charge in [-0.3, -0.25) is 4.79 Å². The summed E-state index contributed by atoms with van der Waals surface area (Å²) in [6, 6.07) is 6.34. The molecule has 0 unspecified atom stereocenters. The van der Waals surface area contributed by atoms with E-state index in [1.54, 1.807) is 11.3 Å². The molecule has 0 radical (unpaired) electrons. The van der Waals surface area contributed by atoms with Crippen molar-refractivity contribution in [1.29, 1.82) is 0 Å². The summed E-state index contributed by atoms with van der Waals surface area (Å²) < 4.78 is 10.8. The van der Waals surface area contributed by atoms with Crippen molar-refractivity contribution in [2.45, 2.75) is 38.3 Å². The summed E-state index contributed by atoms with van der Waals surface area (Å²) in [6.45, 7) is 1.81. The number of thiazole rings is 1. The molecule has 0 saturated heterocycles. The average molecular weight is 359 g/mol. The van der Waals surface area contributed by atoms with Gasteiger partial charge in [0.2, 0.25) is 12.7 Å². The number of nitrogens with zero attached hydrogens (tertiary/aromatic N) is 1. The molecule has 2 aromatic rings. The van der Waals surface area contributed by atoms with E-state index >= 15 is 0 Å². The minimum Gasteiger partial charge on any atom is -0.454 e. The highest BCUT2D eigenvalue weighted by Crippen LogP contribution is 2.36. The third kappa shape index (κ3) is 4.29. The Bertz CT molecular complexity index is 758. The Hall–Kier alpha value is -2.12. The maximum absolute atomic E-state index is 11.6. The Morgan fingerprint density at radius 2 is 2.16 bits per heavy atom. The van der Waals surface area contributed by atoms with Gasteiger partial charge in [0.05, 0.1) is 5.69 Å². The molecule has 1 aliphatic carbocycles. The summed E-state index contributed by atoms with van der Waals surface area (Å²) in [5.41, 5.74) is 2.05. The molecule has 25 heavy (non-hydrogen) atoms. The van der Waals surface area contributed by atoms with E-state index in [4.69, 9.17) is 9.47 Å². The van der Waals surface area contributed by atoms with Crippen molar-refractivity contribution in [3.8, 4) is 22.1 Å². The van der Waals surface area contributed by atoms with Crippen LogP contribution >= 0.6 is 11.3 Å². The van der Waals surface area contributed by atoms with Crippen LogP contribution in [0.5, 0.6) is 11.5 Å². The van der Waals surface area contributed by atoms with E-state index in [0.29, 0.717) is 19.0 Å². The fourth-order valence-corrected chi connectivity index (χ4v) is 3.48. The number of hydrogen-bond acceptors (Lipinski definition) is 6. The Kier molecular flexibility index (Phi) is 4.85. The van der Waals surface area contributed by atoms with E-state index in [-0.39, 0.29) is 12.7 Å². The van der Waals surface area contributed by atoms with Crippen LogP contribution in [-0.2, 0) is 11.3 Å². The summed E-state index contributed by atoms with van der Waals surface area (Å²) in [5.74, 6) is 1.73. The van der Waals surface area contributed by atoms with E-state index in [1.165, 1.54) is 0 Å². The third-order valence-electron chi connectivity index (χ3n) is 4.18. The molecule has 132 valence electrons. The lowest BCUT2D eigenvalue weighted by atomic mass is 10.2. The number of rotatable bonds is 8.